The van der Waals surface area contributed by atoms with Crippen molar-refractivity contribution >= 4 is 9.76 Å². The molecule has 0 bridgehead atoms. The van der Waals surface area contributed by atoms with Crippen molar-refractivity contribution in [3.8, 4) is 0 Å². The Kier molecular flexibility index (Phi) is 4.78. The Bertz CT molecular complexity index is 211. The van der Waals surface area contributed by atoms with Crippen molar-refractivity contribution in [2.24, 2.45) is 0 Å². The van der Waals surface area contributed by atoms with Crippen molar-refractivity contribution in [3.05, 3.63) is 18.7 Å². The van der Waals surface area contributed by atoms with Gasteiger partial charge in [-0.2, -0.15) is 0 Å². The van der Waals surface area contributed by atoms with Crippen LogP contribution in [0.25, 0.3) is 0 Å². The molecule has 0 aliphatic rings. The lowest BCUT2D eigenvalue weighted by Crippen LogP contribution is -2.07. The minimum Gasteiger partial charge on any atom is -0.422 e. The zero-order valence-electron chi connectivity index (χ0n) is 8.44. The molecule has 13 heavy (non-hydrogen) atoms. The summed E-state index contributed by atoms with van der Waals surface area (Å²) in [6, 6.07) is 1.26. The fraction of sp³-hybridized carbons (Fsp3) is 0.667. The summed E-state index contributed by atoms with van der Waals surface area (Å²) in [5.41, 5.74) is 0. The number of imidazole rings is 1. The molecule has 0 unspecified atom stereocenters. The lowest BCUT2D eigenvalue weighted by molar-refractivity contribution is 0.254. The van der Waals surface area contributed by atoms with Gasteiger partial charge < -0.3 is 8.99 Å². The molecular formula is C9H18N2OSi. The fourth-order valence-electron chi connectivity index (χ4n) is 1.13. The summed E-state index contributed by atoms with van der Waals surface area (Å²) in [7, 11) is -0.269. The molecule has 3 nitrogen and oxygen atoms in total. The first-order valence-corrected chi connectivity index (χ1v) is 6.44. The van der Waals surface area contributed by atoms with E-state index < -0.39 is 0 Å². The molecule has 0 aromatic carbocycles. The standard InChI is InChI=1S/C9H18N2OSi/c1-9(2)12-13-7-3-5-11-6-4-10-8-11/h4,6,8-9H,3,5,7,13H2,1-2H3. The lowest BCUT2D eigenvalue weighted by atomic mass is 10.5. The van der Waals surface area contributed by atoms with Crippen molar-refractivity contribution in [3.63, 3.8) is 0 Å². The van der Waals surface area contributed by atoms with Crippen molar-refractivity contribution in [2.75, 3.05) is 0 Å². The summed E-state index contributed by atoms with van der Waals surface area (Å²) in [6.07, 6.45) is 7.33. The van der Waals surface area contributed by atoms with E-state index in [0.29, 0.717) is 6.10 Å². The molecule has 0 fully saturated rings. The van der Waals surface area contributed by atoms with E-state index >= 15 is 0 Å². The molecule has 0 atom stereocenters. The van der Waals surface area contributed by atoms with Gasteiger partial charge in [0.2, 0.25) is 0 Å². The summed E-state index contributed by atoms with van der Waals surface area (Å²) in [4.78, 5) is 3.99. The smallest absolute Gasteiger partial charge is 0.162 e. The topological polar surface area (TPSA) is 27.1 Å². The highest BCUT2D eigenvalue weighted by Gasteiger charge is 1.94. The van der Waals surface area contributed by atoms with Gasteiger partial charge in [-0.25, -0.2) is 4.98 Å². The highest BCUT2D eigenvalue weighted by atomic mass is 28.2. The van der Waals surface area contributed by atoms with Crippen LogP contribution < -0.4 is 0 Å². The molecule has 4 heteroatoms. The van der Waals surface area contributed by atoms with Crippen LogP contribution in [0.3, 0.4) is 0 Å². The third kappa shape index (κ3) is 4.85. The molecule has 0 radical (unpaired) electrons. The molecule has 1 aromatic rings. The second kappa shape index (κ2) is 5.94. The average Bonchev–Trinajstić information content (AvgIpc) is 2.55. The van der Waals surface area contributed by atoms with Gasteiger partial charge >= 0.3 is 0 Å². The van der Waals surface area contributed by atoms with Gasteiger partial charge in [-0.3, -0.25) is 0 Å². The largest absolute Gasteiger partial charge is 0.422 e. The molecule has 1 rings (SSSR count). The van der Waals surface area contributed by atoms with E-state index in [9.17, 15) is 0 Å². The number of aromatic nitrogens is 2. The van der Waals surface area contributed by atoms with Gasteiger partial charge in [-0.1, -0.05) is 0 Å². The summed E-state index contributed by atoms with van der Waals surface area (Å²) >= 11 is 0. The molecule has 1 heterocycles. The molecule has 1 aromatic heterocycles. The molecule has 0 spiro atoms. The summed E-state index contributed by atoms with van der Waals surface area (Å²) < 4.78 is 7.69. The first-order valence-electron chi connectivity index (χ1n) is 4.86. The third-order valence-corrected chi connectivity index (χ3v) is 3.51. The first-order chi connectivity index (χ1) is 6.29. The summed E-state index contributed by atoms with van der Waals surface area (Å²) in [5.74, 6) is 0. The minimum absolute atomic E-state index is 0.269. The average molecular weight is 198 g/mol. The van der Waals surface area contributed by atoms with Crippen LogP contribution in [0.5, 0.6) is 0 Å². The van der Waals surface area contributed by atoms with Crippen LogP contribution in [0.1, 0.15) is 20.3 Å². The number of hydrogen-bond donors (Lipinski definition) is 0. The Hall–Kier alpha value is -0.613. The van der Waals surface area contributed by atoms with Gasteiger partial charge in [-0.05, 0) is 26.3 Å². The van der Waals surface area contributed by atoms with E-state index in [1.165, 1.54) is 12.5 Å². The number of aryl methyl sites for hydroxylation is 1. The van der Waals surface area contributed by atoms with Crippen molar-refractivity contribution in [1.29, 1.82) is 0 Å². The normalized spacial score (nSPS) is 11.9. The Morgan fingerprint density at radius 3 is 3.00 bits per heavy atom. The van der Waals surface area contributed by atoms with E-state index in [1.807, 2.05) is 18.7 Å². The van der Waals surface area contributed by atoms with E-state index in [2.05, 4.69) is 23.4 Å². The lowest BCUT2D eigenvalue weighted by Gasteiger charge is -2.06. The fourth-order valence-corrected chi connectivity index (χ4v) is 2.20. The maximum Gasteiger partial charge on any atom is 0.162 e. The Morgan fingerprint density at radius 1 is 1.54 bits per heavy atom. The van der Waals surface area contributed by atoms with Crippen LogP contribution in [-0.2, 0) is 11.0 Å². The molecular weight excluding hydrogens is 180 g/mol. The molecule has 0 aliphatic heterocycles. The Morgan fingerprint density at radius 2 is 2.38 bits per heavy atom. The minimum atomic E-state index is -0.269. The van der Waals surface area contributed by atoms with E-state index in [-0.39, 0.29) is 9.76 Å². The summed E-state index contributed by atoms with van der Waals surface area (Å²) in [6.45, 7) is 5.28. The van der Waals surface area contributed by atoms with E-state index in [1.54, 1.807) is 0 Å². The molecule has 74 valence electrons. The number of nitrogens with zero attached hydrogens (tertiary/aromatic N) is 2. The monoisotopic (exact) mass is 198 g/mol. The Labute approximate surface area is 82.1 Å². The van der Waals surface area contributed by atoms with Crippen LogP contribution in [0.2, 0.25) is 6.04 Å². The quantitative estimate of drug-likeness (QED) is 0.507. The Balaban J connectivity index is 1.96. The van der Waals surface area contributed by atoms with Crippen molar-refractivity contribution < 1.29 is 4.43 Å². The highest BCUT2D eigenvalue weighted by Crippen LogP contribution is 1.97. The van der Waals surface area contributed by atoms with Gasteiger partial charge in [0.05, 0.1) is 6.33 Å². The number of rotatable bonds is 6. The van der Waals surface area contributed by atoms with Gasteiger partial charge in [0, 0.05) is 25.0 Å². The predicted molar refractivity (Wildman–Crippen MR) is 56.4 cm³/mol. The maximum absolute atomic E-state index is 5.58. The van der Waals surface area contributed by atoms with E-state index in [4.69, 9.17) is 4.43 Å². The zero-order valence-corrected chi connectivity index (χ0v) is 9.85. The van der Waals surface area contributed by atoms with Crippen LogP contribution in [-0.4, -0.2) is 25.4 Å². The molecule has 0 N–H and O–H groups in total. The predicted octanol–water partition coefficient (Wildman–Crippen LogP) is 1.20. The molecule has 0 saturated heterocycles. The zero-order chi connectivity index (χ0) is 9.52. The molecule has 0 aliphatic carbocycles. The highest BCUT2D eigenvalue weighted by molar-refractivity contribution is 6.27. The van der Waals surface area contributed by atoms with Gasteiger partial charge in [0.1, 0.15) is 0 Å². The van der Waals surface area contributed by atoms with Crippen molar-refractivity contribution in [2.45, 2.75) is 39.0 Å². The van der Waals surface area contributed by atoms with Crippen LogP contribution in [0.15, 0.2) is 18.7 Å². The summed E-state index contributed by atoms with van der Waals surface area (Å²) in [5, 5.41) is 0. The first kappa shape index (κ1) is 10.5. The van der Waals surface area contributed by atoms with Crippen LogP contribution >= 0.6 is 0 Å². The van der Waals surface area contributed by atoms with Gasteiger partial charge in [-0.15, -0.1) is 0 Å². The van der Waals surface area contributed by atoms with Gasteiger partial charge in [0.25, 0.3) is 0 Å². The second-order valence-corrected chi connectivity index (χ2v) is 4.88. The second-order valence-electron chi connectivity index (χ2n) is 3.43. The van der Waals surface area contributed by atoms with E-state index in [0.717, 1.165) is 6.54 Å². The van der Waals surface area contributed by atoms with Crippen LogP contribution in [0, 0.1) is 0 Å². The van der Waals surface area contributed by atoms with Gasteiger partial charge in [0.15, 0.2) is 9.76 Å². The molecule has 0 saturated carbocycles. The van der Waals surface area contributed by atoms with Crippen molar-refractivity contribution in [1.82, 2.24) is 9.55 Å². The maximum atomic E-state index is 5.58. The third-order valence-electron chi connectivity index (χ3n) is 1.82. The number of hydrogen-bond acceptors (Lipinski definition) is 2. The van der Waals surface area contributed by atoms with Crippen LogP contribution in [0.4, 0.5) is 0 Å². The molecule has 0 amide bonds. The SMILES string of the molecule is CC(C)O[SiH2]CCCn1ccnc1.